The number of aliphatic hydroxyl groups is 1. The number of hydrogen-bond acceptors (Lipinski definition) is 8. The largest absolute Gasteiger partial charge is 0.464 e. The van der Waals surface area contributed by atoms with E-state index in [0.717, 1.165) is 0 Å². The van der Waals surface area contributed by atoms with Crippen LogP contribution in [0.1, 0.15) is 6.92 Å². The van der Waals surface area contributed by atoms with Gasteiger partial charge in [-0.3, -0.25) is 0 Å². The molecule has 0 bridgehead atoms. The van der Waals surface area contributed by atoms with Crippen molar-refractivity contribution in [2.24, 2.45) is 0 Å². The number of aromatic nitrogens is 3. The second-order valence-corrected chi connectivity index (χ2v) is 3.81. The van der Waals surface area contributed by atoms with E-state index in [1.165, 1.54) is 0 Å². The van der Waals surface area contributed by atoms with Crippen molar-refractivity contribution in [2.45, 2.75) is 13.0 Å². The number of nitrogens with zero attached hydrogens (tertiary/aromatic N) is 4. The molecule has 1 unspecified atom stereocenters. The summed E-state index contributed by atoms with van der Waals surface area (Å²) >= 11 is 0. The smallest absolute Gasteiger partial charge is 0.323 e. The van der Waals surface area contributed by atoms with Crippen LogP contribution >= 0.6 is 0 Å². The molecular formula is C10H17N5O3. The molecule has 1 aromatic rings. The third kappa shape index (κ3) is 2.77. The molecular weight excluding hydrogens is 238 g/mol. The van der Waals surface area contributed by atoms with Crippen LogP contribution in [-0.2, 0) is 4.74 Å². The fraction of sp³-hybridized carbons (Fsp3) is 0.700. The first-order valence-corrected chi connectivity index (χ1v) is 5.84. The van der Waals surface area contributed by atoms with Gasteiger partial charge in [-0.05, 0) is 6.92 Å². The highest BCUT2D eigenvalue weighted by molar-refractivity contribution is 5.37. The van der Waals surface area contributed by atoms with Crippen LogP contribution in [0, 0.1) is 0 Å². The maximum atomic E-state index is 9.31. The van der Waals surface area contributed by atoms with E-state index in [2.05, 4.69) is 15.0 Å². The van der Waals surface area contributed by atoms with Crippen LogP contribution in [0.4, 0.5) is 11.9 Å². The Morgan fingerprint density at radius 1 is 1.50 bits per heavy atom. The molecule has 0 aliphatic carbocycles. The molecule has 2 rings (SSSR count). The normalized spacial score (nSPS) is 19.9. The maximum Gasteiger partial charge on any atom is 0.323 e. The van der Waals surface area contributed by atoms with Crippen LogP contribution in [-0.4, -0.2) is 59.1 Å². The first-order chi connectivity index (χ1) is 8.74. The van der Waals surface area contributed by atoms with Gasteiger partial charge in [-0.25, -0.2) is 0 Å². The molecule has 0 saturated carbocycles. The van der Waals surface area contributed by atoms with E-state index in [4.69, 9.17) is 15.2 Å². The molecule has 0 amide bonds. The van der Waals surface area contributed by atoms with Crippen molar-refractivity contribution in [1.82, 2.24) is 15.0 Å². The van der Waals surface area contributed by atoms with Gasteiger partial charge in [0.1, 0.15) is 0 Å². The van der Waals surface area contributed by atoms with Gasteiger partial charge in [0.25, 0.3) is 0 Å². The van der Waals surface area contributed by atoms with Crippen LogP contribution in [0.3, 0.4) is 0 Å². The molecule has 8 heteroatoms. The van der Waals surface area contributed by atoms with Crippen LogP contribution < -0.4 is 15.4 Å². The summed E-state index contributed by atoms with van der Waals surface area (Å²) < 4.78 is 10.5. The quantitative estimate of drug-likeness (QED) is 0.709. The molecule has 0 aromatic carbocycles. The van der Waals surface area contributed by atoms with E-state index in [9.17, 15) is 5.11 Å². The Bertz CT molecular complexity index is 403. The summed E-state index contributed by atoms with van der Waals surface area (Å²) in [5, 5.41) is 9.31. The second-order valence-electron chi connectivity index (χ2n) is 3.81. The number of hydrogen-bond donors (Lipinski definition) is 2. The summed E-state index contributed by atoms with van der Waals surface area (Å²) in [6.45, 7) is 3.86. The predicted molar refractivity (Wildman–Crippen MR) is 64.4 cm³/mol. The van der Waals surface area contributed by atoms with Gasteiger partial charge in [0.2, 0.25) is 11.9 Å². The topological polar surface area (TPSA) is 107 Å². The van der Waals surface area contributed by atoms with Gasteiger partial charge in [0.05, 0.1) is 32.5 Å². The van der Waals surface area contributed by atoms with E-state index in [1.54, 1.807) is 0 Å². The van der Waals surface area contributed by atoms with Crippen LogP contribution in [0.25, 0.3) is 0 Å². The second kappa shape index (κ2) is 5.78. The van der Waals surface area contributed by atoms with E-state index in [1.807, 2.05) is 11.8 Å². The third-order valence-corrected chi connectivity index (χ3v) is 2.59. The fourth-order valence-corrected chi connectivity index (χ4v) is 1.75. The summed E-state index contributed by atoms with van der Waals surface area (Å²) in [6.07, 6.45) is 0. The monoisotopic (exact) mass is 255 g/mol. The lowest BCUT2D eigenvalue weighted by Crippen LogP contribution is -2.48. The molecule has 1 aliphatic rings. The molecule has 0 radical (unpaired) electrons. The first-order valence-electron chi connectivity index (χ1n) is 5.84. The summed E-state index contributed by atoms with van der Waals surface area (Å²) in [7, 11) is 0. The summed E-state index contributed by atoms with van der Waals surface area (Å²) in [5.74, 6) is 0.514. The van der Waals surface area contributed by atoms with Gasteiger partial charge in [0.15, 0.2) is 0 Å². The van der Waals surface area contributed by atoms with Crippen molar-refractivity contribution in [3.8, 4) is 6.01 Å². The minimum Gasteiger partial charge on any atom is -0.464 e. The zero-order chi connectivity index (χ0) is 13.0. The summed E-state index contributed by atoms with van der Waals surface area (Å²) in [4.78, 5) is 14.0. The van der Waals surface area contributed by atoms with Gasteiger partial charge in [-0.2, -0.15) is 15.0 Å². The highest BCUT2D eigenvalue weighted by atomic mass is 16.5. The molecule has 1 aromatic heterocycles. The number of morpholine rings is 1. The van der Waals surface area contributed by atoms with Crippen LogP contribution in [0.2, 0.25) is 0 Å². The van der Waals surface area contributed by atoms with Crippen molar-refractivity contribution >= 4 is 11.9 Å². The SMILES string of the molecule is CCOc1nc(N)nc(N2CCOCC2CO)n1. The fourth-order valence-electron chi connectivity index (χ4n) is 1.75. The summed E-state index contributed by atoms with van der Waals surface area (Å²) in [5.41, 5.74) is 5.62. The Hall–Kier alpha value is -1.67. The lowest BCUT2D eigenvalue weighted by molar-refractivity contribution is 0.0717. The highest BCUT2D eigenvalue weighted by Crippen LogP contribution is 2.18. The van der Waals surface area contributed by atoms with Crippen molar-refractivity contribution in [1.29, 1.82) is 0 Å². The van der Waals surface area contributed by atoms with Crippen LogP contribution in [0.15, 0.2) is 0 Å². The molecule has 18 heavy (non-hydrogen) atoms. The molecule has 8 nitrogen and oxygen atoms in total. The molecule has 2 heterocycles. The number of nitrogen functional groups attached to an aromatic ring is 1. The Balaban J connectivity index is 2.24. The Kier molecular flexibility index (Phi) is 4.11. The third-order valence-electron chi connectivity index (χ3n) is 2.59. The molecule has 1 fully saturated rings. The van der Waals surface area contributed by atoms with E-state index < -0.39 is 0 Å². The van der Waals surface area contributed by atoms with Gasteiger partial charge in [-0.1, -0.05) is 0 Å². The van der Waals surface area contributed by atoms with E-state index >= 15 is 0 Å². The van der Waals surface area contributed by atoms with Crippen LogP contribution in [0.5, 0.6) is 6.01 Å². The molecule has 1 saturated heterocycles. The zero-order valence-electron chi connectivity index (χ0n) is 10.2. The number of aliphatic hydroxyl groups excluding tert-OH is 1. The standard InChI is InChI=1S/C10H17N5O3/c1-2-18-10-13-8(11)12-9(14-10)15-3-4-17-6-7(15)5-16/h7,16H,2-6H2,1H3,(H2,11,12,13,14). The predicted octanol–water partition coefficient (Wildman–Crippen LogP) is -0.950. The van der Waals surface area contributed by atoms with E-state index in [-0.39, 0.29) is 24.6 Å². The van der Waals surface area contributed by atoms with Gasteiger partial charge in [-0.15, -0.1) is 0 Å². The zero-order valence-corrected chi connectivity index (χ0v) is 10.2. The van der Waals surface area contributed by atoms with Crippen molar-refractivity contribution < 1.29 is 14.6 Å². The maximum absolute atomic E-state index is 9.31. The number of ether oxygens (including phenoxy) is 2. The molecule has 1 aliphatic heterocycles. The Labute approximate surface area is 105 Å². The average molecular weight is 255 g/mol. The number of anilines is 2. The first kappa shape index (κ1) is 12.8. The van der Waals surface area contributed by atoms with Crippen molar-refractivity contribution in [2.75, 3.05) is 43.6 Å². The molecule has 3 N–H and O–H groups in total. The van der Waals surface area contributed by atoms with Gasteiger partial charge in [0, 0.05) is 6.54 Å². The van der Waals surface area contributed by atoms with Crippen molar-refractivity contribution in [3.63, 3.8) is 0 Å². The Morgan fingerprint density at radius 3 is 3.06 bits per heavy atom. The molecule has 1 atom stereocenters. The number of nitrogens with two attached hydrogens (primary N) is 1. The minimum absolute atomic E-state index is 0.0322. The molecule has 100 valence electrons. The van der Waals surface area contributed by atoms with Gasteiger partial charge < -0.3 is 25.2 Å². The lowest BCUT2D eigenvalue weighted by Gasteiger charge is -2.34. The lowest BCUT2D eigenvalue weighted by atomic mass is 10.2. The van der Waals surface area contributed by atoms with Crippen molar-refractivity contribution in [3.05, 3.63) is 0 Å². The number of rotatable bonds is 4. The average Bonchev–Trinajstić information content (AvgIpc) is 2.38. The highest BCUT2D eigenvalue weighted by Gasteiger charge is 2.25. The Morgan fingerprint density at radius 2 is 2.33 bits per heavy atom. The summed E-state index contributed by atoms with van der Waals surface area (Å²) in [6, 6.07) is 0.0261. The molecule has 0 spiro atoms. The van der Waals surface area contributed by atoms with E-state index in [0.29, 0.717) is 32.3 Å². The van der Waals surface area contributed by atoms with Gasteiger partial charge >= 0.3 is 6.01 Å². The minimum atomic E-state index is -0.171.